The quantitative estimate of drug-likeness (QED) is 0.808. The second-order valence-electron chi connectivity index (χ2n) is 5.67. The van der Waals surface area contributed by atoms with E-state index < -0.39 is 11.5 Å². The molecule has 0 atom stereocenters. The molecule has 21 heavy (non-hydrogen) atoms. The van der Waals surface area contributed by atoms with Crippen LogP contribution in [-0.4, -0.2) is 29.1 Å². The first kappa shape index (κ1) is 15.4. The number of carbonyl (C=O) groups is 2. The average molecular weight is 291 g/mol. The molecule has 1 aliphatic carbocycles. The van der Waals surface area contributed by atoms with E-state index in [1.54, 1.807) is 0 Å². The minimum absolute atomic E-state index is 0.00250. The molecule has 1 aliphatic rings. The summed E-state index contributed by atoms with van der Waals surface area (Å²) < 4.78 is 5.53. The van der Waals surface area contributed by atoms with E-state index in [-0.39, 0.29) is 18.7 Å². The van der Waals surface area contributed by atoms with Crippen LogP contribution >= 0.6 is 0 Å². The van der Waals surface area contributed by atoms with E-state index in [0.717, 1.165) is 30.6 Å². The van der Waals surface area contributed by atoms with Crippen LogP contribution in [-0.2, 0) is 9.59 Å². The Bertz CT molecular complexity index is 523. The van der Waals surface area contributed by atoms with Gasteiger partial charge in [0.1, 0.15) is 5.75 Å². The number of amides is 1. The molecule has 0 radical (unpaired) electrons. The van der Waals surface area contributed by atoms with Gasteiger partial charge in [-0.2, -0.15) is 0 Å². The van der Waals surface area contributed by atoms with Crippen molar-refractivity contribution in [1.82, 2.24) is 5.32 Å². The fourth-order valence-electron chi connectivity index (χ4n) is 2.56. The Morgan fingerprint density at radius 2 is 2.14 bits per heavy atom. The average Bonchev–Trinajstić information content (AvgIpc) is 2.35. The first-order valence-corrected chi connectivity index (χ1v) is 7.21. The molecule has 114 valence electrons. The molecule has 0 aromatic heterocycles. The summed E-state index contributed by atoms with van der Waals surface area (Å²) in [4.78, 5) is 22.8. The highest BCUT2D eigenvalue weighted by atomic mass is 16.5. The number of hydrogen-bond donors (Lipinski definition) is 2. The molecule has 1 saturated carbocycles. The van der Waals surface area contributed by atoms with Crippen LogP contribution in [0.2, 0.25) is 0 Å². The number of aryl methyl sites for hydroxylation is 1. The molecule has 0 bridgehead atoms. The van der Waals surface area contributed by atoms with Crippen LogP contribution in [0.25, 0.3) is 0 Å². The van der Waals surface area contributed by atoms with E-state index in [1.165, 1.54) is 0 Å². The van der Waals surface area contributed by atoms with Gasteiger partial charge in [-0.05, 0) is 43.9 Å². The van der Waals surface area contributed by atoms with Crippen LogP contribution in [0.3, 0.4) is 0 Å². The molecular weight excluding hydrogens is 270 g/mol. The second-order valence-corrected chi connectivity index (χ2v) is 5.67. The number of nitrogens with one attached hydrogen (secondary N) is 1. The standard InChI is InChI=1S/C16H21NO4/c1-12-4-2-5-13(10-12)21-9-6-14(18)17-16(7-3-8-16)11-15(19)20/h2,4-5,10H,3,6-9,11H2,1H3,(H,17,18)(H,19,20). The summed E-state index contributed by atoms with van der Waals surface area (Å²) >= 11 is 0. The van der Waals surface area contributed by atoms with Crippen LogP contribution < -0.4 is 10.1 Å². The minimum Gasteiger partial charge on any atom is -0.493 e. The van der Waals surface area contributed by atoms with E-state index >= 15 is 0 Å². The molecule has 2 rings (SSSR count). The first-order valence-electron chi connectivity index (χ1n) is 7.21. The summed E-state index contributed by atoms with van der Waals surface area (Å²) in [6, 6.07) is 7.64. The molecule has 0 saturated heterocycles. The number of carboxylic acids is 1. The lowest BCUT2D eigenvalue weighted by Gasteiger charge is -2.41. The maximum atomic E-state index is 11.9. The molecule has 0 aliphatic heterocycles. The SMILES string of the molecule is Cc1cccc(OCCC(=O)NC2(CC(=O)O)CCC2)c1. The number of ether oxygens (including phenoxy) is 1. The number of carbonyl (C=O) groups excluding carboxylic acids is 1. The summed E-state index contributed by atoms with van der Waals surface area (Å²) in [6.07, 6.45) is 2.67. The summed E-state index contributed by atoms with van der Waals surface area (Å²) in [5.41, 5.74) is 0.568. The summed E-state index contributed by atoms with van der Waals surface area (Å²) in [7, 11) is 0. The van der Waals surface area contributed by atoms with Crippen LogP contribution in [0.5, 0.6) is 5.75 Å². The van der Waals surface area contributed by atoms with Gasteiger partial charge >= 0.3 is 5.97 Å². The van der Waals surface area contributed by atoms with Gasteiger partial charge in [0.05, 0.1) is 25.0 Å². The zero-order valence-corrected chi connectivity index (χ0v) is 12.2. The molecule has 5 heteroatoms. The Morgan fingerprint density at radius 3 is 2.71 bits per heavy atom. The molecule has 1 fully saturated rings. The van der Waals surface area contributed by atoms with Crippen LogP contribution in [0.1, 0.15) is 37.7 Å². The number of hydrogen-bond acceptors (Lipinski definition) is 3. The van der Waals surface area contributed by atoms with Crippen molar-refractivity contribution in [2.24, 2.45) is 0 Å². The van der Waals surface area contributed by atoms with Gasteiger partial charge in [0.2, 0.25) is 5.91 Å². The maximum Gasteiger partial charge on any atom is 0.305 e. The van der Waals surface area contributed by atoms with Crippen molar-refractivity contribution in [2.45, 2.75) is 44.6 Å². The van der Waals surface area contributed by atoms with Crippen LogP contribution in [0.4, 0.5) is 0 Å². The lowest BCUT2D eigenvalue weighted by molar-refractivity contribution is -0.140. The molecule has 1 aromatic rings. The van der Waals surface area contributed by atoms with Gasteiger partial charge in [-0.1, -0.05) is 12.1 Å². The highest BCUT2D eigenvalue weighted by Gasteiger charge is 2.40. The highest BCUT2D eigenvalue weighted by Crippen LogP contribution is 2.34. The van der Waals surface area contributed by atoms with Gasteiger partial charge in [0, 0.05) is 0 Å². The normalized spacial score (nSPS) is 15.9. The lowest BCUT2D eigenvalue weighted by Crippen LogP contribution is -2.54. The number of benzene rings is 1. The zero-order valence-electron chi connectivity index (χ0n) is 12.2. The van der Waals surface area contributed by atoms with Gasteiger partial charge in [0.25, 0.3) is 0 Å². The van der Waals surface area contributed by atoms with Gasteiger partial charge in [-0.15, -0.1) is 0 Å². The Hall–Kier alpha value is -2.04. The van der Waals surface area contributed by atoms with Crippen molar-refractivity contribution in [3.05, 3.63) is 29.8 Å². The zero-order chi connectivity index (χ0) is 15.3. The molecule has 1 amide bonds. The van der Waals surface area contributed by atoms with Crippen molar-refractivity contribution in [1.29, 1.82) is 0 Å². The molecule has 5 nitrogen and oxygen atoms in total. The summed E-state index contributed by atoms with van der Waals surface area (Å²) in [5.74, 6) is -0.277. The predicted molar refractivity (Wildman–Crippen MR) is 78.3 cm³/mol. The monoisotopic (exact) mass is 291 g/mol. The van der Waals surface area contributed by atoms with E-state index in [4.69, 9.17) is 9.84 Å². The number of aliphatic carboxylic acids is 1. The Balaban J connectivity index is 1.76. The summed E-state index contributed by atoms with van der Waals surface area (Å²) in [6.45, 7) is 2.27. The highest BCUT2D eigenvalue weighted by molar-refractivity contribution is 5.78. The third kappa shape index (κ3) is 4.48. The molecule has 0 spiro atoms. The Labute approximate surface area is 124 Å². The molecule has 0 unspecified atom stereocenters. The molecule has 1 aromatic carbocycles. The molecule has 2 N–H and O–H groups in total. The fourth-order valence-corrected chi connectivity index (χ4v) is 2.56. The fraction of sp³-hybridized carbons (Fsp3) is 0.500. The largest absolute Gasteiger partial charge is 0.493 e. The third-order valence-corrected chi connectivity index (χ3v) is 3.79. The molecular formula is C16H21NO4. The maximum absolute atomic E-state index is 11.9. The van der Waals surface area contributed by atoms with Crippen molar-refractivity contribution in [2.75, 3.05) is 6.61 Å². The summed E-state index contributed by atoms with van der Waals surface area (Å²) in [5, 5.41) is 11.8. The van der Waals surface area contributed by atoms with Gasteiger partial charge in [-0.3, -0.25) is 9.59 Å². The van der Waals surface area contributed by atoms with E-state index in [1.807, 2.05) is 31.2 Å². The molecule has 0 heterocycles. The van der Waals surface area contributed by atoms with E-state index in [0.29, 0.717) is 6.61 Å². The van der Waals surface area contributed by atoms with Crippen molar-refractivity contribution >= 4 is 11.9 Å². The van der Waals surface area contributed by atoms with Crippen molar-refractivity contribution in [3.63, 3.8) is 0 Å². The third-order valence-electron chi connectivity index (χ3n) is 3.79. The lowest BCUT2D eigenvalue weighted by atomic mass is 9.74. The van der Waals surface area contributed by atoms with Gasteiger partial charge in [-0.25, -0.2) is 0 Å². The smallest absolute Gasteiger partial charge is 0.305 e. The topological polar surface area (TPSA) is 75.6 Å². The van der Waals surface area contributed by atoms with Gasteiger partial charge < -0.3 is 15.2 Å². The number of carboxylic acid groups (broad SMARTS) is 1. The second kappa shape index (κ2) is 6.61. The Kier molecular flexibility index (Phi) is 4.83. The van der Waals surface area contributed by atoms with Gasteiger partial charge in [0.15, 0.2) is 0 Å². The van der Waals surface area contributed by atoms with E-state index in [2.05, 4.69) is 5.32 Å². The predicted octanol–water partition coefficient (Wildman–Crippen LogP) is 2.28. The minimum atomic E-state index is -0.869. The van der Waals surface area contributed by atoms with Crippen LogP contribution in [0, 0.1) is 6.92 Å². The number of rotatable bonds is 7. The van der Waals surface area contributed by atoms with Crippen LogP contribution in [0.15, 0.2) is 24.3 Å². The van der Waals surface area contributed by atoms with E-state index in [9.17, 15) is 9.59 Å². The van der Waals surface area contributed by atoms with Crippen molar-refractivity contribution < 1.29 is 19.4 Å². The first-order chi connectivity index (χ1) is 9.99. The van der Waals surface area contributed by atoms with Crippen molar-refractivity contribution in [3.8, 4) is 5.75 Å². The Morgan fingerprint density at radius 1 is 1.38 bits per heavy atom.